The maximum Gasteiger partial charge on any atom is 0.0721 e. The summed E-state index contributed by atoms with van der Waals surface area (Å²) in [6.45, 7) is 4.24. The number of hydrogen-bond donors (Lipinski definition) is 0. The van der Waals surface area contributed by atoms with Gasteiger partial charge in [0.2, 0.25) is 0 Å². The third kappa shape index (κ3) is 2.26. The van der Waals surface area contributed by atoms with Crippen LogP contribution in [-0.4, -0.2) is 4.98 Å². The standard InChI is InChI=1S/C12H11ClIN/c1-7(2)12-6-10(13)9-5-8(14)3-4-11(9)15-12/h3-7H,1-2H3. The van der Waals surface area contributed by atoms with Crippen LogP contribution < -0.4 is 0 Å². The lowest BCUT2D eigenvalue weighted by Gasteiger charge is -2.08. The Morgan fingerprint density at radius 2 is 2.00 bits per heavy atom. The van der Waals surface area contributed by atoms with Gasteiger partial charge >= 0.3 is 0 Å². The molecule has 0 bridgehead atoms. The van der Waals surface area contributed by atoms with E-state index in [0.29, 0.717) is 5.92 Å². The summed E-state index contributed by atoms with van der Waals surface area (Å²) < 4.78 is 1.18. The Bertz CT molecular complexity index is 508. The Morgan fingerprint density at radius 1 is 1.27 bits per heavy atom. The van der Waals surface area contributed by atoms with Gasteiger partial charge in [-0.2, -0.15) is 0 Å². The molecule has 15 heavy (non-hydrogen) atoms. The highest BCUT2D eigenvalue weighted by Gasteiger charge is 2.07. The van der Waals surface area contributed by atoms with Gasteiger partial charge < -0.3 is 0 Å². The van der Waals surface area contributed by atoms with Gasteiger partial charge in [0.25, 0.3) is 0 Å². The van der Waals surface area contributed by atoms with Crippen molar-refractivity contribution in [2.45, 2.75) is 19.8 Å². The van der Waals surface area contributed by atoms with Crippen LogP contribution in [0.3, 0.4) is 0 Å². The van der Waals surface area contributed by atoms with E-state index in [1.807, 2.05) is 12.1 Å². The van der Waals surface area contributed by atoms with E-state index < -0.39 is 0 Å². The molecule has 0 fully saturated rings. The quantitative estimate of drug-likeness (QED) is 0.695. The van der Waals surface area contributed by atoms with E-state index in [1.165, 1.54) is 3.57 Å². The third-order valence-electron chi connectivity index (χ3n) is 2.33. The number of halogens is 2. The van der Waals surface area contributed by atoms with Crippen LogP contribution in [0.4, 0.5) is 0 Å². The first-order valence-corrected chi connectivity index (χ1v) is 6.29. The second-order valence-corrected chi connectivity index (χ2v) is 5.50. The highest BCUT2D eigenvalue weighted by atomic mass is 127. The van der Waals surface area contributed by atoms with Crippen LogP contribution in [0.15, 0.2) is 24.3 Å². The minimum Gasteiger partial charge on any atom is -0.252 e. The van der Waals surface area contributed by atoms with E-state index in [2.05, 4.69) is 53.6 Å². The molecule has 0 radical (unpaired) electrons. The van der Waals surface area contributed by atoms with E-state index in [9.17, 15) is 0 Å². The summed E-state index contributed by atoms with van der Waals surface area (Å²) in [4.78, 5) is 4.59. The molecule has 0 saturated heterocycles. The van der Waals surface area contributed by atoms with Gasteiger partial charge in [-0.3, -0.25) is 4.98 Å². The van der Waals surface area contributed by atoms with Gasteiger partial charge in [-0.15, -0.1) is 0 Å². The van der Waals surface area contributed by atoms with Crippen molar-refractivity contribution in [3.63, 3.8) is 0 Å². The van der Waals surface area contributed by atoms with E-state index in [0.717, 1.165) is 21.6 Å². The summed E-state index contributed by atoms with van der Waals surface area (Å²) in [7, 11) is 0. The molecule has 0 atom stereocenters. The molecule has 2 aromatic rings. The molecule has 0 amide bonds. The molecule has 78 valence electrons. The van der Waals surface area contributed by atoms with Gasteiger partial charge in [0, 0.05) is 14.7 Å². The number of pyridine rings is 1. The number of fused-ring (bicyclic) bond motifs is 1. The molecule has 1 nitrogen and oxygen atoms in total. The smallest absolute Gasteiger partial charge is 0.0721 e. The molecular formula is C12H11ClIN. The maximum atomic E-state index is 6.23. The molecule has 0 N–H and O–H groups in total. The van der Waals surface area contributed by atoms with Crippen molar-refractivity contribution in [2.24, 2.45) is 0 Å². The minimum absolute atomic E-state index is 0.408. The van der Waals surface area contributed by atoms with Crippen LogP contribution in [0.5, 0.6) is 0 Å². The third-order valence-corrected chi connectivity index (χ3v) is 3.32. The normalized spacial score (nSPS) is 11.3. The fourth-order valence-electron chi connectivity index (χ4n) is 1.47. The predicted molar refractivity (Wildman–Crippen MR) is 73.6 cm³/mol. The van der Waals surface area contributed by atoms with Crippen molar-refractivity contribution in [3.8, 4) is 0 Å². The maximum absolute atomic E-state index is 6.23. The van der Waals surface area contributed by atoms with Crippen molar-refractivity contribution in [1.29, 1.82) is 0 Å². The van der Waals surface area contributed by atoms with E-state index in [4.69, 9.17) is 11.6 Å². The van der Waals surface area contributed by atoms with Gasteiger partial charge in [-0.05, 0) is 52.8 Å². The monoisotopic (exact) mass is 331 g/mol. The first kappa shape index (κ1) is 11.1. The fourth-order valence-corrected chi connectivity index (χ4v) is 2.23. The van der Waals surface area contributed by atoms with E-state index in [1.54, 1.807) is 0 Å². The molecule has 1 aromatic carbocycles. The first-order valence-electron chi connectivity index (χ1n) is 4.83. The lowest BCUT2D eigenvalue weighted by atomic mass is 10.1. The highest BCUT2D eigenvalue weighted by Crippen LogP contribution is 2.27. The second-order valence-electron chi connectivity index (χ2n) is 3.85. The molecule has 0 unspecified atom stereocenters. The van der Waals surface area contributed by atoms with E-state index >= 15 is 0 Å². The lowest BCUT2D eigenvalue weighted by molar-refractivity contribution is 0.830. The summed E-state index contributed by atoms with van der Waals surface area (Å²) in [6, 6.07) is 8.10. The summed E-state index contributed by atoms with van der Waals surface area (Å²) in [5.74, 6) is 0.408. The van der Waals surface area contributed by atoms with Crippen LogP contribution >= 0.6 is 34.2 Å². The average molecular weight is 332 g/mol. The molecular weight excluding hydrogens is 320 g/mol. The molecule has 1 aromatic heterocycles. The Labute approximate surface area is 108 Å². The molecule has 2 rings (SSSR count). The van der Waals surface area contributed by atoms with Gasteiger partial charge in [0.05, 0.1) is 10.5 Å². The van der Waals surface area contributed by atoms with Crippen LogP contribution in [0, 0.1) is 3.57 Å². The largest absolute Gasteiger partial charge is 0.252 e. The van der Waals surface area contributed by atoms with Crippen molar-refractivity contribution in [2.75, 3.05) is 0 Å². The summed E-state index contributed by atoms with van der Waals surface area (Å²) in [5, 5.41) is 1.83. The van der Waals surface area contributed by atoms with Crippen LogP contribution in [0.1, 0.15) is 25.5 Å². The Kier molecular flexibility index (Phi) is 3.16. The fraction of sp³-hybridized carbons (Fsp3) is 0.250. The predicted octanol–water partition coefficient (Wildman–Crippen LogP) is 4.62. The van der Waals surface area contributed by atoms with E-state index in [-0.39, 0.29) is 0 Å². The van der Waals surface area contributed by atoms with Crippen molar-refractivity contribution in [3.05, 3.63) is 38.6 Å². The molecule has 3 heteroatoms. The molecule has 0 aliphatic carbocycles. The van der Waals surface area contributed by atoms with Gasteiger partial charge in [-0.1, -0.05) is 25.4 Å². The molecule has 0 aliphatic heterocycles. The van der Waals surface area contributed by atoms with Crippen molar-refractivity contribution in [1.82, 2.24) is 4.98 Å². The number of benzene rings is 1. The van der Waals surface area contributed by atoms with Gasteiger partial charge in [0.15, 0.2) is 0 Å². The molecule has 0 aliphatic rings. The van der Waals surface area contributed by atoms with Crippen molar-refractivity contribution < 1.29 is 0 Å². The zero-order valence-electron chi connectivity index (χ0n) is 8.59. The average Bonchev–Trinajstić information content (AvgIpc) is 2.18. The van der Waals surface area contributed by atoms with Crippen LogP contribution in [-0.2, 0) is 0 Å². The Morgan fingerprint density at radius 3 is 2.67 bits per heavy atom. The van der Waals surface area contributed by atoms with Gasteiger partial charge in [-0.25, -0.2) is 0 Å². The summed E-state index contributed by atoms with van der Waals surface area (Å²) in [5.41, 5.74) is 2.03. The lowest BCUT2D eigenvalue weighted by Crippen LogP contribution is -1.93. The second kappa shape index (κ2) is 4.26. The number of aromatic nitrogens is 1. The highest BCUT2D eigenvalue weighted by molar-refractivity contribution is 14.1. The summed E-state index contributed by atoms with van der Waals surface area (Å²) >= 11 is 8.52. The van der Waals surface area contributed by atoms with Crippen molar-refractivity contribution >= 4 is 45.1 Å². The number of rotatable bonds is 1. The molecule has 0 spiro atoms. The number of hydrogen-bond acceptors (Lipinski definition) is 1. The zero-order chi connectivity index (χ0) is 11.0. The molecule has 0 saturated carbocycles. The zero-order valence-corrected chi connectivity index (χ0v) is 11.5. The summed E-state index contributed by atoms with van der Waals surface area (Å²) in [6.07, 6.45) is 0. The Balaban J connectivity index is 2.73. The van der Waals surface area contributed by atoms with Crippen LogP contribution in [0.25, 0.3) is 10.9 Å². The van der Waals surface area contributed by atoms with Gasteiger partial charge in [0.1, 0.15) is 0 Å². The minimum atomic E-state index is 0.408. The molecule has 1 heterocycles. The topological polar surface area (TPSA) is 12.9 Å². The Hall–Kier alpha value is -0.350. The SMILES string of the molecule is CC(C)c1cc(Cl)c2cc(I)ccc2n1. The number of nitrogens with zero attached hydrogens (tertiary/aromatic N) is 1. The first-order chi connectivity index (χ1) is 7.08. The van der Waals surface area contributed by atoms with Crippen LogP contribution in [0.2, 0.25) is 5.02 Å².